The van der Waals surface area contributed by atoms with Crippen LogP contribution < -0.4 is 5.48 Å². The molecule has 3 nitrogen and oxygen atoms in total. The lowest BCUT2D eigenvalue weighted by Crippen LogP contribution is -2.20. The first-order chi connectivity index (χ1) is 4.31. The van der Waals surface area contributed by atoms with Crippen LogP contribution in [0.3, 0.4) is 0 Å². The molecule has 0 saturated carbocycles. The topological polar surface area (TPSA) is 33.6 Å². The van der Waals surface area contributed by atoms with Crippen molar-refractivity contribution in [2.45, 2.75) is 20.3 Å². The second kappa shape index (κ2) is 5.56. The highest BCUT2D eigenvalue weighted by Gasteiger charge is 1.83. The molecule has 0 aliphatic heterocycles. The standard InChI is InChI=1S/C6H14N2O/c1-4-5-9-8-6(2)7-3/h4-5H2,1-3H3,(H,7,8). The van der Waals surface area contributed by atoms with E-state index >= 15 is 0 Å². The molecule has 0 spiro atoms. The third-order valence-corrected chi connectivity index (χ3v) is 0.861. The Labute approximate surface area is 56.1 Å². The van der Waals surface area contributed by atoms with Gasteiger partial charge in [-0.15, -0.1) is 0 Å². The Morgan fingerprint density at radius 1 is 1.67 bits per heavy atom. The first kappa shape index (κ1) is 8.43. The van der Waals surface area contributed by atoms with E-state index in [-0.39, 0.29) is 0 Å². The summed E-state index contributed by atoms with van der Waals surface area (Å²) in [6, 6.07) is 0. The molecule has 0 unspecified atom stereocenters. The predicted molar refractivity (Wildman–Crippen MR) is 38.4 cm³/mol. The molecule has 0 radical (unpaired) electrons. The minimum Gasteiger partial charge on any atom is -0.275 e. The molecule has 0 aliphatic rings. The lowest BCUT2D eigenvalue weighted by molar-refractivity contribution is 0.0851. The number of amidine groups is 1. The van der Waals surface area contributed by atoms with E-state index in [4.69, 9.17) is 4.84 Å². The van der Waals surface area contributed by atoms with Gasteiger partial charge in [0.25, 0.3) is 0 Å². The number of aliphatic imine (C=N–C) groups is 1. The number of rotatable bonds is 3. The van der Waals surface area contributed by atoms with Crippen LogP contribution in [-0.4, -0.2) is 19.5 Å². The Kier molecular flexibility index (Phi) is 5.21. The SMILES string of the molecule is CCCONC(C)=NC. The van der Waals surface area contributed by atoms with Gasteiger partial charge in [-0.1, -0.05) is 6.92 Å². The van der Waals surface area contributed by atoms with Crippen LogP contribution in [0.2, 0.25) is 0 Å². The van der Waals surface area contributed by atoms with Crippen LogP contribution in [0, 0.1) is 0 Å². The summed E-state index contributed by atoms with van der Waals surface area (Å²) in [6.45, 7) is 4.64. The molecule has 54 valence electrons. The van der Waals surface area contributed by atoms with E-state index in [9.17, 15) is 0 Å². The van der Waals surface area contributed by atoms with E-state index in [1.54, 1.807) is 7.05 Å². The van der Waals surface area contributed by atoms with Gasteiger partial charge in [0.15, 0.2) is 0 Å². The number of nitrogens with zero attached hydrogens (tertiary/aromatic N) is 1. The maximum Gasteiger partial charge on any atom is 0.117 e. The summed E-state index contributed by atoms with van der Waals surface area (Å²) in [5.41, 5.74) is 2.68. The molecular weight excluding hydrogens is 116 g/mol. The average Bonchev–Trinajstić information content (AvgIpc) is 1.89. The second-order valence-corrected chi connectivity index (χ2v) is 1.76. The van der Waals surface area contributed by atoms with Gasteiger partial charge in [-0.2, -0.15) is 0 Å². The maximum absolute atomic E-state index is 4.95. The van der Waals surface area contributed by atoms with Crippen LogP contribution in [0.15, 0.2) is 4.99 Å². The largest absolute Gasteiger partial charge is 0.275 e. The van der Waals surface area contributed by atoms with Gasteiger partial charge >= 0.3 is 0 Å². The molecular formula is C6H14N2O. The Balaban J connectivity index is 3.07. The lowest BCUT2D eigenvalue weighted by Gasteiger charge is -2.02. The van der Waals surface area contributed by atoms with Crippen LogP contribution in [0.4, 0.5) is 0 Å². The van der Waals surface area contributed by atoms with Crippen molar-refractivity contribution in [3.05, 3.63) is 0 Å². The fourth-order valence-corrected chi connectivity index (χ4v) is 0.303. The molecule has 0 saturated heterocycles. The Morgan fingerprint density at radius 2 is 2.33 bits per heavy atom. The van der Waals surface area contributed by atoms with Gasteiger partial charge in [-0.25, -0.2) is 0 Å². The number of nitrogens with one attached hydrogen (secondary N) is 1. The summed E-state index contributed by atoms with van der Waals surface area (Å²) in [5.74, 6) is 0.809. The molecule has 9 heavy (non-hydrogen) atoms. The number of hydrogen-bond donors (Lipinski definition) is 1. The Bertz CT molecular complexity index is 91.1. The zero-order valence-corrected chi connectivity index (χ0v) is 6.27. The third-order valence-electron chi connectivity index (χ3n) is 0.861. The highest BCUT2D eigenvalue weighted by molar-refractivity contribution is 5.78. The normalized spacial score (nSPS) is 11.7. The summed E-state index contributed by atoms with van der Waals surface area (Å²) < 4.78 is 0. The molecule has 0 rings (SSSR count). The summed E-state index contributed by atoms with van der Waals surface area (Å²) in [6.07, 6.45) is 1.02. The highest BCUT2D eigenvalue weighted by Crippen LogP contribution is 1.75. The van der Waals surface area contributed by atoms with Crippen LogP contribution in [0.1, 0.15) is 20.3 Å². The van der Waals surface area contributed by atoms with Crippen LogP contribution in [-0.2, 0) is 4.84 Å². The second-order valence-electron chi connectivity index (χ2n) is 1.76. The molecule has 0 aromatic carbocycles. The molecule has 0 fully saturated rings. The summed E-state index contributed by atoms with van der Waals surface area (Å²) in [5, 5.41) is 0. The van der Waals surface area contributed by atoms with E-state index in [1.807, 2.05) is 6.92 Å². The Morgan fingerprint density at radius 3 is 2.78 bits per heavy atom. The molecule has 0 heterocycles. The number of hydrogen-bond acceptors (Lipinski definition) is 2. The van der Waals surface area contributed by atoms with Gasteiger partial charge in [0.2, 0.25) is 0 Å². The summed E-state index contributed by atoms with van der Waals surface area (Å²) >= 11 is 0. The van der Waals surface area contributed by atoms with E-state index in [2.05, 4.69) is 17.4 Å². The van der Waals surface area contributed by atoms with E-state index in [0.29, 0.717) is 0 Å². The van der Waals surface area contributed by atoms with Crippen molar-refractivity contribution < 1.29 is 4.84 Å². The Hall–Kier alpha value is -0.570. The minimum atomic E-state index is 0.729. The first-order valence-electron chi connectivity index (χ1n) is 3.12. The monoisotopic (exact) mass is 130 g/mol. The first-order valence-corrected chi connectivity index (χ1v) is 3.12. The van der Waals surface area contributed by atoms with Crippen molar-refractivity contribution in [2.24, 2.45) is 4.99 Å². The van der Waals surface area contributed by atoms with E-state index in [1.165, 1.54) is 0 Å². The van der Waals surface area contributed by atoms with Crippen molar-refractivity contribution in [2.75, 3.05) is 13.7 Å². The summed E-state index contributed by atoms with van der Waals surface area (Å²) in [4.78, 5) is 8.80. The fourth-order valence-electron chi connectivity index (χ4n) is 0.303. The quantitative estimate of drug-likeness (QED) is 0.267. The van der Waals surface area contributed by atoms with Gasteiger partial charge < -0.3 is 0 Å². The van der Waals surface area contributed by atoms with Crippen molar-refractivity contribution >= 4 is 5.84 Å². The van der Waals surface area contributed by atoms with Crippen molar-refractivity contribution in [3.63, 3.8) is 0 Å². The molecule has 1 N–H and O–H groups in total. The molecule has 0 aromatic heterocycles. The molecule has 3 heteroatoms. The smallest absolute Gasteiger partial charge is 0.117 e. The van der Waals surface area contributed by atoms with E-state index < -0.39 is 0 Å². The predicted octanol–water partition coefficient (Wildman–Crippen LogP) is 0.966. The average molecular weight is 130 g/mol. The lowest BCUT2D eigenvalue weighted by atomic mass is 10.5. The van der Waals surface area contributed by atoms with Crippen molar-refractivity contribution in [3.8, 4) is 0 Å². The van der Waals surface area contributed by atoms with Gasteiger partial charge in [0.05, 0.1) is 6.61 Å². The molecule has 0 amide bonds. The summed E-state index contributed by atoms with van der Waals surface area (Å²) in [7, 11) is 1.72. The highest BCUT2D eigenvalue weighted by atomic mass is 16.6. The van der Waals surface area contributed by atoms with Crippen molar-refractivity contribution in [1.29, 1.82) is 0 Å². The molecule has 0 aromatic rings. The maximum atomic E-state index is 4.95. The van der Waals surface area contributed by atoms with Gasteiger partial charge in [0.1, 0.15) is 5.84 Å². The molecule has 0 bridgehead atoms. The van der Waals surface area contributed by atoms with Crippen LogP contribution >= 0.6 is 0 Å². The zero-order valence-electron chi connectivity index (χ0n) is 6.27. The fraction of sp³-hybridized carbons (Fsp3) is 0.833. The third kappa shape index (κ3) is 5.30. The van der Waals surface area contributed by atoms with Crippen LogP contribution in [0.5, 0.6) is 0 Å². The zero-order chi connectivity index (χ0) is 7.11. The number of hydroxylamine groups is 1. The minimum absolute atomic E-state index is 0.729. The van der Waals surface area contributed by atoms with Gasteiger partial charge in [0, 0.05) is 7.05 Å². The van der Waals surface area contributed by atoms with Crippen LogP contribution in [0.25, 0.3) is 0 Å². The van der Waals surface area contributed by atoms with E-state index in [0.717, 1.165) is 18.9 Å². The van der Waals surface area contributed by atoms with Gasteiger partial charge in [-0.05, 0) is 13.3 Å². The van der Waals surface area contributed by atoms with Crippen molar-refractivity contribution in [1.82, 2.24) is 5.48 Å². The molecule has 0 atom stereocenters. The molecule has 0 aliphatic carbocycles. The van der Waals surface area contributed by atoms with Gasteiger partial charge in [-0.3, -0.25) is 15.3 Å².